The molecule has 0 bridgehead atoms. The average Bonchev–Trinajstić information content (AvgIpc) is 2.39. The van der Waals surface area contributed by atoms with Crippen LogP contribution in [0.5, 0.6) is 0 Å². The highest BCUT2D eigenvalue weighted by atomic mass is 16.5. The normalized spacial score (nSPS) is 20.7. The molecular formula is C17H20O2. The van der Waals surface area contributed by atoms with Crippen LogP contribution in [0.15, 0.2) is 42.5 Å². The first-order chi connectivity index (χ1) is 9.03. The third kappa shape index (κ3) is 2.95. The van der Waals surface area contributed by atoms with Gasteiger partial charge in [0.2, 0.25) is 0 Å². The Morgan fingerprint density at radius 2 is 2.16 bits per heavy atom. The molecule has 0 fully saturated rings. The molecule has 0 amide bonds. The number of allylic oxidation sites excluding steroid dienone is 1. The van der Waals surface area contributed by atoms with E-state index in [1.807, 2.05) is 0 Å². The summed E-state index contributed by atoms with van der Waals surface area (Å²) in [7, 11) is 0. The van der Waals surface area contributed by atoms with Crippen molar-refractivity contribution in [3.05, 3.63) is 53.6 Å². The van der Waals surface area contributed by atoms with Crippen LogP contribution in [0.4, 0.5) is 0 Å². The molecule has 0 saturated carbocycles. The summed E-state index contributed by atoms with van der Waals surface area (Å²) in [5.41, 5.74) is 3.10. The van der Waals surface area contributed by atoms with E-state index in [0.717, 1.165) is 12.8 Å². The van der Waals surface area contributed by atoms with Gasteiger partial charge < -0.3 is 4.74 Å². The molecule has 100 valence electrons. The number of carbonyl (C=O) groups excluding carboxylic acids is 1. The van der Waals surface area contributed by atoms with Gasteiger partial charge in [-0.05, 0) is 36.3 Å². The van der Waals surface area contributed by atoms with E-state index in [9.17, 15) is 4.79 Å². The lowest BCUT2D eigenvalue weighted by Crippen LogP contribution is -2.27. The van der Waals surface area contributed by atoms with Gasteiger partial charge in [-0.1, -0.05) is 49.9 Å². The monoisotopic (exact) mass is 256 g/mol. The van der Waals surface area contributed by atoms with Gasteiger partial charge in [0.05, 0.1) is 6.61 Å². The van der Waals surface area contributed by atoms with E-state index in [-0.39, 0.29) is 11.4 Å². The van der Waals surface area contributed by atoms with Crippen LogP contribution in [0.3, 0.4) is 0 Å². The lowest BCUT2D eigenvalue weighted by Gasteiger charge is -2.33. The van der Waals surface area contributed by atoms with Gasteiger partial charge in [-0.15, -0.1) is 0 Å². The standard InChI is InChI=1S/C17H20O2/c1-13(2)16(18)19-12-11-17(3)10-6-8-14-7-4-5-9-15(14)17/h4-9H,1,10-12H2,2-3H3. The quantitative estimate of drug-likeness (QED) is 0.604. The van der Waals surface area contributed by atoms with E-state index in [1.54, 1.807) is 6.92 Å². The molecule has 1 unspecified atom stereocenters. The molecule has 0 aliphatic heterocycles. The zero-order chi connectivity index (χ0) is 13.9. The van der Waals surface area contributed by atoms with Crippen LogP contribution in [0.2, 0.25) is 0 Å². The molecule has 1 aromatic rings. The van der Waals surface area contributed by atoms with Crippen molar-refractivity contribution in [2.24, 2.45) is 0 Å². The van der Waals surface area contributed by atoms with Crippen LogP contribution in [-0.2, 0) is 14.9 Å². The first kappa shape index (κ1) is 13.6. The van der Waals surface area contributed by atoms with Gasteiger partial charge in [-0.2, -0.15) is 0 Å². The molecule has 19 heavy (non-hydrogen) atoms. The molecule has 0 N–H and O–H groups in total. The number of benzene rings is 1. The highest BCUT2D eigenvalue weighted by Crippen LogP contribution is 2.38. The topological polar surface area (TPSA) is 26.3 Å². The van der Waals surface area contributed by atoms with Crippen LogP contribution in [0, 0.1) is 0 Å². The fourth-order valence-electron chi connectivity index (χ4n) is 2.48. The largest absolute Gasteiger partial charge is 0.462 e. The van der Waals surface area contributed by atoms with Crippen molar-refractivity contribution in [3.63, 3.8) is 0 Å². The SMILES string of the molecule is C=C(C)C(=O)OCCC1(C)CC=Cc2ccccc21. The first-order valence-electron chi connectivity index (χ1n) is 6.62. The van der Waals surface area contributed by atoms with Crippen LogP contribution in [-0.4, -0.2) is 12.6 Å². The number of hydrogen-bond acceptors (Lipinski definition) is 2. The summed E-state index contributed by atoms with van der Waals surface area (Å²) < 4.78 is 5.22. The van der Waals surface area contributed by atoms with Gasteiger partial charge in [-0.25, -0.2) is 4.79 Å². The van der Waals surface area contributed by atoms with Crippen LogP contribution in [0.25, 0.3) is 6.08 Å². The fraction of sp³-hybridized carbons (Fsp3) is 0.353. The van der Waals surface area contributed by atoms with Crippen molar-refractivity contribution in [2.45, 2.75) is 32.1 Å². The highest BCUT2D eigenvalue weighted by molar-refractivity contribution is 5.86. The summed E-state index contributed by atoms with van der Waals surface area (Å²) in [6.45, 7) is 7.92. The Labute approximate surface area is 114 Å². The van der Waals surface area contributed by atoms with E-state index < -0.39 is 0 Å². The lowest BCUT2D eigenvalue weighted by atomic mass is 9.72. The Morgan fingerprint density at radius 3 is 2.89 bits per heavy atom. The van der Waals surface area contributed by atoms with Crippen molar-refractivity contribution in [1.29, 1.82) is 0 Å². The third-order valence-electron chi connectivity index (χ3n) is 3.71. The lowest BCUT2D eigenvalue weighted by molar-refractivity contribution is -0.139. The Kier molecular flexibility index (Phi) is 3.89. The second kappa shape index (κ2) is 5.43. The first-order valence-corrected chi connectivity index (χ1v) is 6.62. The van der Waals surface area contributed by atoms with Gasteiger partial charge in [0.25, 0.3) is 0 Å². The van der Waals surface area contributed by atoms with Gasteiger partial charge in [0.1, 0.15) is 0 Å². The van der Waals surface area contributed by atoms with E-state index in [0.29, 0.717) is 12.2 Å². The minimum absolute atomic E-state index is 0.0424. The van der Waals surface area contributed by atoms with Gasteiger partial charge >= 0.3 is 5.97 Å². The average molecular weight is 256 g/mol. The van der Waals surface area contributed by atoms with Crippen LogP contribution < -0.4 is 0 Å². The minimum Gasteiger partial charge on any atom is -0.462 e. The summed E-state index contributed by atoms with van der Waals surface area (Å²) >= 11 is 0. The zero-order valence-corrected chi connectivity index (χ0v) is 11.6. The Morgan fingerprint density at radius 1 is 1.42 bits per heavy atom. The van der Waals surface area contributed by atoms with Gasteiger partial charge in [-0.3, -0.25) is 0 Å². The van der Waals surface area contributed by atoms with Gasteiger partial charge in [0.15, 0.2) is 0 Å². The smallest absolute Gasteiger partial charge is 0.333 e. The number of carbonyl (C=O) groups is 1. The summed E-state index contributed by atoms with van der Waals surface area (Å²) in [6.07, 6.45) is 6.17. The van der Waals surface area contributed by atoms with Crippen molar-refractivity contribution >= 4 is 12.0 Å². The van der Waals surface area contributed by atoms with Crippen molar-refractivity contribution in [2.75, 3.05) is 6.61 Å². The summed E-state index contributed by atoms with van der Waals surface area (Å²) in [5.74, 6) is -0.303. The Balaban J connectivity index is 2.06. The fourth-order valence-corrected chi connectivity index (χ4v) is 2.48. The number of esters is 1. The van der Waals surface area contributed by atoms with Crippen LogP contribution >= 0.6 is 0 Å². The Hall–Kier alpha value is -1.83. The van der Waals surface area contributed by atoms with Gasteiger partial charge in [0, 0.05) is 5.57 Å². The molecule has 2 heteroatoms. The molecule has 0 radical (unpaired) electrons. The molecule has 2 nitrogen and oxygen atoms in total. The summed E-state index contributed by atoms with van der Waals surface area (Å²) in [5, 5.41) is 0. The van der Waals surface area contributed by atoms with E-state index in [4.69, 9.17) is 4.74 Å². The van der Waals surface area contributed by atoms with Crippen molar-refractivity contribution in [3.8, 4) is 0 Å². The molecule has 1 aliphatic carbocycles. The molecule has 0 heterocycles. The van der Waals surface area contributed by atoms with E-state index >= 15 is 0 Å². The molecule has 1 atom stereocenters. The predicted octanol–water partition coefficient (Wildman–Crippen LogP) is 3.87. The Bertz CT molecular complexity index is 528. The molecular weight excluding hydrogens is 236 g/mol. The van der Waals surface area contributed by atoms with E-state index in [1.165, 1.54) is 11.1 Å². The molecule has 0 saturated heterocycles. The second-order valence-corrected chi connectivity index (χ2v) is 5.42. The maximum atomic E-state index is 11.4. The number of rotatable bonds is 4. The summed E-state index contributed by atoms with van der Waals surface area (Å²) in [4.78, 5) is 11.4. The number of hydrogen-bond donors (Lipinski definition) is 0. The van der Waals surface area contributed by atoms with Crippen molar-refractivity contribution < 1.29 is 9.53 Å². The maximum Gasteiger partial charge on any atom is 0.333 e. The zero-order valence-electron chi connectivity index (χ0n) is 11.6. The van der Waals surface area contributed by atoms with Crippen molar-refractivity contribution in [1.82, 2.24) is 0 Å². The molecule has 0 aromatic heterocycles. The van der Waals surface area contributed by atoms with Crippen LogP contribution in [0.1, 0.15) is 37.8 Å². The predicted molar refractivity (Wildman–Crippen MR) is 77.8 cm³/mol. The number of fused-ring (bicyclic) bond motifs is 1. The molecule has 0 spiro atoms. The maximum absolute atomic E-state index is 11.4. The highest BCUT2D eigenvalue weighted by Gasteiger charge is 2.29. The minimum atomic E-state index is -0.303. The van der Waals surface area contributed by atoms with E-state index in [2.05, 4.69) is 49.9 Å². The molecule has 1 aliphatic rings. The number of ether oxygens (including phenoxy) is 1. The third-order valence-corrected chi connectivity index (χ3v) is 3.71. The molecule has 2 rings (SSSR count). The second-order valence-electron chi connectivity index (χ2n) is 5.42. The molecule has 1 aromatic carbocycles. The summed E-state index contributed by atoms with van der Waals surface area (Å²) in [6, 6.07) is 8.41.